The van der Waals surface area contributed by atoms with Crippen LogP contribution in [0.1, 0.15) is 44.9 Å². The molecule has 0 aromatic heterocycles. The topological polar surface area (TPSA) is 84.5 Å². The number of amides is 1. The molecule has 1 saturated heterocycles. The van der Waals surface area contributed by atoms with E-state index in [4.69, 9.17) is 4.74 Å². The molecule has 0 radical (unpaired) electrons. The third-order valence-corrected chi connectivity index (χ3v) is 5.68. The zero-order chi connectivity index (χ0) is 15.1. The van der Waals surface area contributed by atoms with Crippen molar-refractivity contribution < 1.29 is 17.9 Å². The molecule has 0 aromatic carbocycles. The maximum absolute atomic E-state index is 11.9. The molecule has 0 aromatic rings. The van der Waals surface area contributed by atoms with Crippen LogP contribution in [0.2, 0.25) is 0 Å². The van der Waals surface area contributed by atoms with Crippen LogP contribution in [0.4, 0.5) is 0 Å². The lowest BCUT2D eigenvalue weighted by Gasteiger charge is -2.21. The molecule has 2 aliphatic rings. The van der Waals surface area contributed by atoms with Crippen molar-refractivity contribution in [1.29, 1.82) is 0 Å². The van der Waals surface area contributed by atoms with Gasteiger partial charge in [0.15, 0.2) is 0 Å². The van der Waals surface area contributed by atoms with Crippen LogP contribution in [-0.4, -0.2) is 45.9 Å². The van der Waals surface area contributed by atoms with E-state index in [-0.39, 0.29) is 30.2 Å². The lowest BCUT2D eigenvalue weighted by molar-refractivity contribution is -0.120. The Kier molecular flexibility index (Phi) is 6.44. The zero-order valence-electron chi connectivity index (χ0n) is 12.5. The average molecular weight is 318 g/mol. The standard InChI is InChI=1S/C14H26N2O4S/c17-14(15-9-13-7-4-8-20-13)10-16-21(18,19)11-12-5-2-1-3-6-12/h12-13,16H,1-11H2,(H,15,17). The van der Waals surface area contributed by atoms with Gasteiger partial charge >= 0.3 is 0 Å². The molecule has 1 atom stereocenters. The minimum atomic E-state index is -3.36. The highest BCUT2D eigenvalue weighted by Gasteiger charge is 2.22. The van der Waals surface area contributed by atoms with E-state index in [0.29, 0.717) is 6.54 Å². The van der Waals surface area contributed by atoms with Gasteiger partial charge in [-0.2, -0.15) is 0 Å². The summed E-state index contributed by atoms with van der Waals surface area (Å²) >= 11 is 0. The summed E-state index contributed by atoms with van der Waals surface area (Å²) in [5.41, 5.74) is 0. The molecule has 1 unspecified atom stereocenters. The van der Waals surface area contributed by atoms with Gasteiger partial charge in [-0.3, -0.25) is 4.79 Å². The summed E-state index contributed by atoms with van der Waals surface area (Å²) in [4.78, 5) is 11.6. The average Bonchev–Trinajstić information content (AvgIpc) is 2.97. The molecule has 1 aliphatic carbocycles. The molecular weight excluding hydrogens is 292 g/mol. The van der Waals surface area contributed by atoms with Gasteiger partial charge < -0.3 is 10.1 Å². The normalized spacial score (nSPS) is 24.1. The maximum Gasteiger partial charge on any atom is 0.235 e. The summed E-state index contributed by atoms with van der Waals surface area (Å²) in [6.45, 7) is 1.03. The van der Waals surface area contributed by atoms with Crippen molar-refractivity contribution in [2.75, 3.05) is 25.4 Å². The lowest BCUT2D eigenvalue weighted by atomic mass is 9.91. The Balaban J connectivity index is 1.64. The van der Waals surface area contributed by atoms with E-state index in [1.165, 1.54) is 6.42 Å². The predicted molar refractivity (Wildman–Crippen MR) is 80.3 cm³/mol. The van der Waals surface area contributed by atoms with Crippen LogP contribution in [0.25, 0.3) is 0 Å². The molecule has 6 nitrogen and oxygen atoms in total. The van der Waals surface area contributed by atoms with Crippen molar-refractivity contribution >= 4 is 15.9 Å². The van der Waals surface area contributed by atoms with Gasteiger partial charge in [0.05, 0.1) is 18.4 Å². The number of hydrogen-bond acceptors (Lipinski definition) is 4. The maximum atomic E-state index is 11.9. The molecule has 0 spiro atoms. The molecule has 7 heteroatoms. The minimum absolute atomic E-state index is 0.0767. The fourth-order valence-electron chi connectivity index (χ4n) is 2.99. The van der Waals surface area contributed by atoms with Gasteiger partial charge in [-0.15, -0.1) is 0 Å². The van der Waals surface area contributed by atoms with Crippen LogP contribution in [0, 0.1) is 5.92 Å². The third-order valence-electron chi connectivity index (χ3n) is 4.18. The van der Waals surface area contributed by atoms with E-state index in [9.17, 15) is 13.2 Å². The quantitative estimate of drug-likeness (QED) is 0.726. The largest absolute Gasteiger partial charge is 0.376 e. The molecule has 122 valence electrons. The monoisotopic (exact) mass is 318 g/mol. The third kappa shape index (κ3) is 6.32. The summed E-state index contributed by atoms with van der Waals surface area (Å²) < 4.78 is 31.7. The summed E-state index contributed by atoms with van der Waals surface area (Å²) in [5, 5.41) is 2.71. The van der Waals surface area contributed by atoms with Crippen molar-refractivity contribution in [3.63, 3.8) is 0 Å². The molecule has 21 heavy (non-hydrogen) atoms. The highest BCUT2D eigenvalue weighted by molar-refractivity contribution is 7.89. The first-order valence-corrected chi connectivity index (χ1v) is 9.56. The van der Waals surface area contributed by atoms with Crippen molar-refractivity contribution in [3.05, 3.63) is 0 Å². The van der Waals surface area contributed by atoms with Gasteiger partial charge in [0.25, 0.3) is 0 Å². The second kappa shape index (κ2) is 8.10. The first kappa shape index (κ1) is 16.7. The molecule has 1 saturated carbocycles. The van der Waals surface area contributed by atoms with E-state index >= 15 is 0 Å². The summed E-state index contributed by atoms with van der Waals surface area (Å²) in [5.74, 6) is 0.0929. The van der Waals surface area contributed by atoms with E-state index in [0.717, 1.165) is 45.1 Å². The highest BCUT2D eigenvalue weighted by atomic mass is 32.2. The molecule has 2 fully saturated rings. The number of hydrogen-bond donors (Lipinski definition) is 2. The second-order valence-corrected chi connectivity index (χ2v) is 7.90. The predicted octanol–water partition coefficient (Wildman–Crippen LogP) is 0.781. The van der Waals surface area contributed by atoms with E-state index < -0.39 is 10.0 Å². The van der Waals surface area contributed by atoms with Gasteiger partial charge in [0.1, 0.15) is 0 Å². The summed E-state index contributed by atoms with van der Waals surface area (Å²) in [7, 11) is -3.36. The van der Waals surface area contributed by atoms with Gasteiger partial charge in [0.2, 0.25) is 15.9 Å². The Bertz CT molecular complexity index is 426. The molecule has 1 heterocycles. The minimum Gasteiger partial charge on any atom is -0.376 e. The Hall–Kier alpha value is -0.660. The zero-order valence-corrected chi connectivity index (χ0v) is 13.3. The van der Waals surface area contributed by atoms with Crippen molar-refractivity contribution in [3.8, 4) is 0 Å². The fourth-order valence-corrected chi connectivity index (χ4v) is 4.42. The highest BCUT2D eigenvalue weighted by Crippen LogP contribution is 2.24. The molecule has 1 amide bonds. The summed E-state index contributed by atoms with van der Waals surface area (Å²) in [6.07, 6.45) is 7.44. The molecule has 2 N–H and O–H groups in total. The van der Waals surface area contributed by atoms with Gasteiger partial charge in [-0.1, -0.05) is 19.3 Å². The number of carbonyl (C=O) groups is 1. The first-order chi connectivity index (χ1) is 10.1. The van der Waals surface area contributed by atoms with Crippen LogP contribution in [-0.2, 0) is 19.6 Å². The van der Waals surface area contributed by atoms with Crippen molar-refractivity contribution in [2.24, 2.45) is 5.92 Å². The van der Waals surface area contributed by atoms with Crippen LogP contribution < -0.4 is 10.0 Å². The molecular formula is C14H26N2O4S. The van der Waals surface area contributed by atoms with Crippen molar-refractivity contribution in [1.82, 2.24) is 10.0 Å². The number of ether oxygens (including phenoxy) is 1. The number of rotatable bonds is 7. The van der Waals surface area contributed by atoms with Crippen LogP contribution in [0.5, 0.6) is 0 Å². The van der Waals surface area contributed by atoms with E-state index in [2.05, 4.69) is 10.0 Å². The van der Waals surface area contributed by atoms with Gasteiger partial charge in [0, 0.05) is 13.2 Å². The summed E-state index contributed by atoms with van der Waals surface area (Å²) in [6, 6.07) is 0. The van der Waals surface area contributed by atoms with E-state index in [1.807, 2.05) is 0 Å². The Morgan fingerprint density at radius 1 is 1.10 bits per heavy atom. The SMILES string of the molecule is O=C(CNS(=O)(=O)CC1CCCCC1)NCC1CCCO1. The molecule has 0 bridgehead atoms. The Morgan fingerprint density at radius 2 is 1.86 bits per heavy atom. The van der Waals surface area contributed by atoms with Gasteiger partial charge in [-0.05, 0) is 31.6 Å². The lowest BCUT2D eigenvalue weighted by Crippen LogP contribution is -2.41. The smallest absolute Gasteiger partial charge is 0.235 e. The molecule has 2 rings (SSSR count). The Morgan fingerprint density at radius 3 is 2.52 bits per heavy atom. The first-order valence-electron chi connectivity index (χ1n) is 7.91. The number of sulfonamides is 1. The number of carbonyl (C=O) groups excluding carboxylic acids is 1. The fraction of sp³-hybridized carbons (Fsp3) is 0.929. The number of nitrogens with one attached hydrogen (secondary N) is 2. The molecule has 1 aliphatic heterocycles. The van der Waals surface area contributed by atoms with Crippen molar-refractivity contribution in [2.45, 2.75) is 51.0 Å². The van der Waals surface area contributed by atoms with E-state index in [1.54, 1.807) is 0 Å². The van der Waals surface area contributed by atoms with Crippen LogP contribution >= 0.6 is 0 Å². The van der Waals surface area contributed by atoms with Crippen LogP contribution in [0.3, 0.4) is 0 Å². The van der Waals surface area contributed by atoms with Gasteiger partial charge in [-0.25, -0.2) is 13.1 Å². The second-order valence-electron chi connectivity index (χ2n) is 6.05. The Labute approximate surface area is 127 Å². The van der Waals surface area contributed by atoms with Crippen LogP contribution in [0.15, 0.2) is 0 Å².